The molecule has 0 saturated carbocycles. The number of ether oxygens (including phenoxy) is 1. The minimum absolute atomic E-state index is 0.143. The number of aromatic nitrogens is 2. The molecule has 0 radical (unpaired) electrons. The van der Waals surface area contributed by atoms with Gasteiger partial charge in [0.2, 0.25) is 5.76 Å². The van der Waals surface area contributed by atoms with Crippen LogP contribution in [-0.4, -0.2) is 22.2 Å². The van der Waals surface area contributed by atoms with Crippen molar-refractivity contribution in [3.8, 4) is 5.75 Å². The molecular formula is C15H15N3O3S. The van der Waals surface area contributed by atoms with E-state index in [1.165, 1.54) is 11.3 Å². The van der Waals surface area contributed by atoms with Crippen LogP contribution in [0.25, 0.3) is 10.2 Å². The number of thiazole rings is 1. The lowest BCUT2D eigenvalue weighted by molar-refractivity contribution is 0.0962. The van der Waals surface area contributed by atoms with Crippen LogP contribution < -0.4 is 9.54 Å². The fraction of sp³-hybridized carbons (Fsp3) is 0.267. The molecule has 0 aliphatic heterocycles. The Morgan fingerprint density at radius 3 is 2.95 bits per heavy atom. The Bertz CT molecular complexity index is 904. The first kappa shape index (κ1) is 14.5. The molecule has 0 spiro atoms. The van der Waals surface area contributed by atoms with Crippen molar-refractivity contribution in [2.75, 3.05) is 6.61 Å². The van der Waals surface area contributed by atoms with E-state index in [-0.39, 0.29) is 5.76 Å². The lowest BCUT2D eigenvalue weighted by Gasteiger charge is -2.02. The SMILES string of the molecule is CCOc1ccc2c(c1)sc(=NC(=O)c1cc(C)no1)n2C. The number of rotatable bonds is 3. The summed E-state index contributed by atoms with van der Waals surface area (Å²) in [6, 6.07) is 7.39. The fourth-order valence-corrected chi connectivity index (χ4v) is 3.13. The summed E-state index contributed by atoms with van der Waals surface area (Å²) >= 11 is 1.43. The first-order valence-corrected chi connectivity index (χ1v) is 7.65. The van der Waals surface area contributed by atoms with Crippen LogP contribution in [0.2, 0.25) is 0 Å². The number of nitrogens with zero attached hydrogens (tertiary/aromatic N) is 3. The molecule has 0 N–H and O–H groups in total. The third-order valence-electron chi connectivity index (χ3n) is 3.13. The molecule has 0 unspecified atom stereocenters. The predicted octanol–water partition coefficient (Wildman–Crippen LogP) is 2.68. The van der Waals surface area contributed by atoms with Gasteiger partial charge in [-0.2, -0.15) is 4.99 Å². The van der Waals surface area contributed by atoms with Gasteiger partial charge in [0.1, 0.15) is 5.75 Å². The number of fused-ring (bicyclic) bond motifs is 1. The normalized spacial score (nSPS) is 12.0. The molecule has 114 valence electrons. The standard InChI is InChI=1S/C15H15N3O3S/c1-4-20-10-5-6-11-13(8-10)22-15(18(11)3)16-14(19)12-7-9(2)17-21-12/h5-8H,4H2,1-3H3. The molecule has 1 amide bonds. The molecule has 0 bridgehead atoms. The van der Waals surface area contributed by atoms with E-state index in [0.717, 1.165) is 16.0 Å². The van der Waals surface area contributed by atoms with Gasteiger partial charge in [-0.25, -0.2) is 0 Å². The molecule has 2 aromatic heterocycles. The molecular weight excluding hydrogens is 302 g/mol. The van der Waals surface area contributed by atoms with Crippen molar-refractivity contribution in [3.63, 3.8) is 0 Å². The van der Waals surface area contributed by atoms with Crippen LogP contribution >= 0.6 is 11.3 Å². The molecule has 0 aliphatic carbocycles. The Labute approximate surface area is 130 Å². The number of aryl methyl sites for hydroxylation is 2. The maximum Gasteiger partial charge on any atom is 0.318 e. The zero-order valence-electron chi connectivity index (χ0n) is 12.5. The van der Waals surface area contributed by atoms with Crippen molar-refractivity contribution in [1.82, 2.24) is 9.72 Å². The molecule has 6 nitrogen and oxygen atoms in total. The van der Waals surface area contributed by atoms with Crippen LogP contribution in [0.1, 0.15) is 23.2 Å². The molecule has 0 fully saturated rings. The second kappa shape index (κ2) is 5.76. The van der Waals surface area contributed by atoms with Crippen LogP contribution in [0.15, 0.2) is 33.8 Å². The third-order valence-corrected chi connectivity index (χ3v) is 4.22. The highest BCUT2D eigenvalue weighted by Gasteiger charge is 2.12. The van der Waals surface area contributed by atoms with Gasteiger partial charge in [-0.3, -0.25) is 4.79 Å². The summed E-state index contributed by atoms with van der Waals surface area (Å²) in [7, 11) is 1.87. The van der Waals surface area contributed by atoms with E-state index in [4.69, 9.17) is 9.26 Å². The molecule has 0 atom stereocenters. The summed E-state index contributed by atoms with van der Waals surface area (Å²) in [6.07, 6.45) is 0. The number of hydrogen-bond acceptors (Lipinski definition) is 5. The van der Waals surface area contributed by atoms with Gasteiger partial charge in [0.25, 0.3) is 0 Å². The monoisotopic (exact) mass is 317 g/mol. The summed E-state index contributed by atoms with van der Waals surface area (Å²) < 4.78 is 13.3. The van der Waals surface area contributed by atoms with Gasteiger partial charge in [0, 0.05) is 13.1 Å². The Morgan fingerprint density at radius 1 is 1.45 bits per heavy atom. The van der Waals surface area contributed by atoms with Crippen molar-refractivity contribution in [3.05, 3.63) is 40.5 Å². The number of benzene rings is 1. The summed E-state index contributed by atoms with van der Waals surface area (Å²) in [5, 5.41) is 3.70. The Hall–Kier alpha value is -2.41. The van der Waals surface area contributed by atoms with E-state index >= 15 is 0 Å². The Morgan fingerprint density at radius 2 is 2.27 bits per heavy atom. The minimum atomic E-state index is -0.437. The van der Waals surface area contributed by atoms with Gasteiger partial charge in [-0.15, -0.1) is 0 Å². The molecule has 1 aromatic carbocycles. The summed E-state index contributed by atoms with van der Waals surface area (Å²) in [6.45, 7) is 4.32. The molecule has 2 heterocycles. The first-order chi connectivity index (χ1) is 10.6. The van der Waals surface area contributed by atoms with Gasteiger partial charge < -0.3 is 13.8 Å². The maximum atomic E-state index is 12.1. The zero-order chi connectivity index (χ0) is 15.7. The maximum absolute atomic E-state index is 12.1. The van der Waals surface area contributed by atoms with Crippen molar-refractivity contribution in [1.29, 1.82) is 0 Å². The number of amides is 1. The Balaban J connectivity index is 2.05. The van der Waals surface area contributed by atoms with Crippen LogP contribution in [0.3, 0.4) is 0 Å². The highest BCUT2D eigenvalue weighted by molar-refractivity contribution is 7.16. The Kier molecular flexibility index (Phi) is 3.81. The third kappa shape index (κ3) is 2.67. The van der Waals surface area contributed by atoms with Crippen molar-refractivity contribution in [2.45, 2.75) is 13.8 Å². The van der Waals surface area contributed by atoms with Gasteiger partial charge in [-0.05, 0) is 32.0 Å². The van der Waals surface area contributed by atoms with Gasteiger partial charge in [0.05, 0.1) is 22.5 Å². The number of carbonyl (C=O) groups is 1. The second-order valence-corrected chi connectivity index (χ2v) is 5.76. The molecule has 7 heteroatoms. The van der Waals surface area contributed by atoms with Gasteiger partial charge in [0.15, 0.2) is 4.80 Å². The van der Waals surface area contributed by atoms with Crippen molar-refractivity contribution in [2.24, 2.45) is 12.0 Å². The van der Waals surface area contributed by atoms with E-state index in [0.29, 0.717) is 17.1 Å². The number of hydrogen-bond donors (Lipinski definition) is 0. The highest BCUT2D eigenvalue weighted by Crippen LogP contribution is 2.22. The van der Waals surface area contributed by atoms with Crippen molar-refractivity contribution < 1.29 is 14.1 Å². The van der Waals surface area contributed by atoms with Crippen molar-refractivity contribution >= 4 is 27.5 Å². The number of carbonyl (C=O) groups excluding carboxylic acids is 1. The van der Waals surface area contributed by atoms with Gasteiger partial charge >= 0.3 is 5.91 Å². The smallest absolute Gasteiger partial charge is 0.318 e. The lowest BCUT2D eigenvalue weighted by Crippen LogP contribution is -2.13. The average molecular weight is 317 g/mol. The van der Waals surface area contributed by atoms with Crippen LogP contribution in [0, 0.1) is 6.92 Å². The van der Waals surface area contributed by atoms with E-state index < -0.39 is 5.91 Å². The second-order valence-electron chi connectivity index (χ2n) is 4.76. The predicted molar refractivity (Wildman–Crippen MR) is 83.1 cm³/mol. The topological polar surface area (TPSA) is 69.6 Å². The van der Waals surface area contributed by atoms with E-state index in [1.54, 1.807) is 13.0 Å². The van der Waals surface area contributed by atoms with E-state index in [9.17, 15) is 4.79 Å². The molecule has 22 heavy (non-hydrogen) atoms. The largest absolute Gasteiger partial charge is 0.494 e. The summed E-state index contributed by atoms with van der Waals surface area (Å²) in [5.41, 5.74) is 1.65. The van der Waals surface area contributed by atoms with E-state index in [1.807, 2.05) is 36.7 Å². The average Bonchev–Trinajstić information content (AvgIpc) is 3.04. The lowest BCUT2D eigenvalue weighted by atomic mass is 10.3. The molecule has 3 aromatic rings. The van der Waals surface area contributed by atoms with Crippen LogP contribution in [0.5, 0.6) is 5.75 Å². The highest BCUT2D eigenvalue weighted by atomic mass is 32.1. The minimum Gasteiger partial charge on any atom is -0.494 e. The molecule has 0 saturated heterocycles. The first-order valence-electron chi connectivity index (χ1n) is 6.83. The zero-order valence-corrected chi connectivity index (χ0v) is 13.3. The fourth-order valence-electron chi connectivity index (χ4n) is 2.08. The quantitative estimate of drug-likeness (QED) is 0.744. The molecule has 0 aliphatic rings. The van der Waals surface area contributed by atoms with E-state index in [2.05, 4.69) is 10.1 Å². The summed E-state index contributed by atoms with van der Waals surface area (Å²) in [5.74, 6) is 0.512. The van der Waals surface area contributed by atoms with Crippen LogP contribution in [-0.2, 0) is 7.05 Å². The summed E-state index contributed by atoms with van der Waals surface area (Å²) in [4.78, 5) is 16.8. The van der Waals surface area contributed by atoms with Crippen LogP contribution in [0.4, 0.5) is 0 Å². The van der Waals surface area contributed by atoms with Gasteiger partial charge in [-0.1, -0.05) is 16.5 Å². The molecule has 3 rings (SSSR count).